The fourth-order valence-corrected chi connectivity index (χ4v) is 3.06. The molecule has 2 heterocycles. The summed E-state index contributed by atoms with van der Waals surface area (Å²) in [5, 5.41) is 7.84. The molecule has 1 aliphatic rings. The number of methoxy groups -OCH3 is 1. The molecule has 7 heteroatoms. The molecule has 0 aliphatic carbocycles. The highest BCUT2D eigenvalue weighted by Crippen LogP contribution is 2.18. The number of Topliss-reactive ketones (excluding diaryl/α,β-unsaturated/α-hetero) is 1. The lowest BCUT2D eigenvalue weighted by Crippen LogP contribution is -2.44. The first-order valence-corrected chi connectivity index (χ1v) is 9.06. The molecule has 0 N–H and O–H groups in total. The van der Waals surface area contributed by atoms with Crippen molar-refractivity contribution >= 4 is 11.7 Å². The summed E-state index contributed by atoms with van der Waals surface area (Å²) in [5.41, 5.74) is 0.642. The summed E-state index contributed by atoms with van der Waals surface area (Å²) < 4.78 is 10.8. The van der Waals surface area contributed by atoms with Gasteiger partial charge in [-0.2, -0.15) is 0 Å². The van der Waals surface area contributed by atoms with E-state index in [4.69, 9.17) is 9.47 Å². The molecule has 3 rings (SSSR count). The smallest absolute Gasteiger partial charge is 0.233 e. The molecule has 27 heavy (non-hydrogen) atoms. The normalized spacial score (nSPS) is 16.6. The zero-order chi connectivity index (χ0) is 19.1. The molecular formula is C20H23N3O4. The average Bonchev–Trinajstić information content (AvgIpc) is 2.73. The summed E-state index contributed by atoms with van der Waals surface area (Å²) in [4.78, 5) is 26.4. The Morgan fingerprint density at radius 3 is 2.52 bits per heavy atom. The first kappa shape index (κ1) is 18.8. The van der Waals surface area contributed by atoms with Crippen LogP contribution in [-0.2, 0) is 4.79 Å². The van der Waals surface area contributed by atoms with Crippen LogP contribution in [0, 0.1) is 0 Å². The molecule has 7 nitrogen and oxygen atoms in total. The largest absolute Gasteiger partial charge is 0.480 e. The van der Waals surface area contributed by atoms with E-state index in [-0.39, 0.29) is 30.6 Å². The van der Waals surface area contributed by atoms with Gasteiger partial charge in [-0.1, -0.05) is 30.3 Å². The number of piperidine rings is 1. The first-order chi connectivity index (χ1) is 13.2. The zero-order valence-corrected chi connectivity index (χ0v) is 15.3. The van der Waals surface area contributed by atoms with Gasteiger partial charge in [0.1, 0.15) is 6.10 Å². The standard InChI is InChI=1S/C20H23N3O4/c1-26-18-10-11-19(22-21-18)27-16-8-5-13-23(14-16)20(25)12-9-17(24)15-6-3-2-4-7-15/h2-4,6-7,10-11,16H,5,8-9,12-14H2,1H3. The van der Waals surface area contributed by atoms with Crippen molar-refractivity contribution in [1.82, 2.24) is 15.1 Å². The van der Waals surface area contributed by atoms with E-state index in [1.807, 2.05) is 18.2 Å². The molecule has 0 saturated carbocycles. The van der Waals surface area contributed by atoms with E-state index in [0.29, 0.717) is 30.4 Å². The average molecular weight is 369 g/mol. The van der Waals surface area contributed by atoms with Crippen LogP contribution < -0.4 is 9.47 Å². The van der Waals surface area contributed by atoms with Gasteiger partial charge >= 0.3 is 0 Å². The predicted molar refractivity (Wildman–Crippen MR) is 98.8 cm³/mol. The number of hydrogen-bond acceptors (Lipinski definition) is 6. The topological polar surface area (TPSA) is 81.6 Å². The number of aromatic nitrogens is 2. The van der Waals surface area contributed by atoms with Crippen molar-refractivity contribution in [2.45, 2.75) is 31.8 Å². The van der Waals surface area contributed by atoms with Crippen LogP contribution in [0.3, 0.4) is 0 Å². The quantitative estimate of drug-likeness (QED) is 0.698. The van der Waals surface area contributed by atoms with E-state index in [1.165, 1.54) is 7.11 Å². The summed E-state index contributed by atoms with van der Waals surface area (Å²) in [7, 11) is 1.53. The summed E-state index contributed by atoms with van der Waals surface area (Å²) in [5.74, 6) is 0.802. The Balaban J connectivity index is 1.49. The first-order valence-electron chi connectivity index (χ1n) is 9.06. The minimum absolute atomic E-state index is 0.0118. The van der Waals surface area contributed by atoms with Crippen molar-refractivity contribution in [2.75, 3.05) is 20.2 Å². The highest BCUT2D eigenvalue weighted by Gasteiger charge is 2.25. The van der Waals surface area contributed by atoms with Gasteiger partial charge in [-0.05, 0) is 12.8 Å². The van der Waals surface area contributed by atoms with Crippen LogP contribution in [-0.4, -0.2) is 53.1 Å². The molecular weight excluding hydrogens is 346 g/mol. The molecule has 1 fully saturated rings. The van der Waals surface area contributed by atoms with Crippen molar-refractivity contribution in [3.63, 3.8) is 0 Å². The number of ketones is 1. The Morgan fingerprint density at radius 2 is 1.81 bits per heavy atom. The fraction of sp³-hybridized carbons (Fsp3) is 0.400. The molecule has 0 spiro atoms. The summed E-state index contributed by atoms with van der Waals surface area (Å²) in [6.07, 6.45) is 2.00. The maximum atomic E-state index is 12.5. The number of amides is 1. The number of carbonyl (C=O) groups excluding carboxylic acids is 2. The molecule has 1 atom stereocenters. The van der Waals surface area contributed by atoms with E-state index in [2.05, 4.69) is 10.2 Å². The molecule has 1 unspecified atom stereocenters. The van der Waals surface area contributed by atoms with Gasteiger partial charge in [0, 0.05) is 37.1 Å². The van der Waals surface area contributed by atoms with Crippen molar-refractivity contribution in [3.8, 4) is 11.8 Å². The number of ether oxygens (including phenoxy) is 2. The minimum atomic E-state index is -0.129. The second-order valence-electron chi connectivity index (χ2n) is 6.42. The van der Waals surface area contributed by atoms with E-state index in [0.717, 1.165) is 12.8 Å². The van der Waals surface area contributed by atoms with Gasteiger partial charge in [-0.3, -0.25) is 9.59 Å². The van der Waals surface area contributed by atoms with Gasteiger partial charge in [0.15, 0.2) is 5.78 Å². The molecule has 142 valence electrons. The second-order valence-corrected chi connectivity index (χ2v) is 6.42. The maximum Gasteiger partial charge on any atom is 0.233 e. The lowest BCUT2D eigenvalue weighted by atomic mass is 10.0. The van der Waals surface area contributed by atoms with Crippen LogP contribution in [0.4, 0.5) is 0 Å². The maximum absolute atomic E-state index is 12.5. The van der Waals surface area contributed by atoms with E-state index in [1.54, 1.807) is 29.2 Å². The van der Waals surface area contributed by atoms with Gasteiger partial charge in [0.25, 0.3) is 0 Å². The van der Waals surface area contributed by atoms with E-state index in [9.17, 15) is 9.59 Å². The van der Waals surface area contributed by atoms with Crippen LogP contribution in [0.1, 0.15) is 36.0 Å². The van der Waals surface area contributed by atoms with Crippen molar-refractivity contribution in [3.05, 3.63) is 48.0 Å². The van der Waals surface area contributed by atoms with Gasteiger partial charge in [0.2, 0.25) is 17.7 Å². The van der Waals surface area contributed by atoms with Crippen LogP contribution >= 0.6 is 0 Å². The second kappa shape index (κ2) is 9.12. The van der Waals surface area contributed by atoms with Gasteiger partial charge in [0.05, 0.1) is 13.7 Å². The SMILES string of the molecule is COc1ccc(OC2CCCN(C(=O)CCC(=O)c3ccccc3)C2)nn1. The van der Waals surface area contributed by atoms with Crippen molar-refractivity contribution < 1.29 is 19.1 Å². The number of nitrogens with zero attached hydrogens (tertiary/aromatic N) is 3. The molecule has 1 aliphatic heterocycles. The van der Waals surface area contributed by atoms with E-state index < -0.39 is 0 Å². The highest BCUT2D eigenvalue weighted by atomic mass is 16.5. The van der Waals surface area contributed by atoms with Crippen LogP contribution in [0.5, 0.6) is 11.8 Å². The molecule has 2 aromatic rings. The molecule has 1 aromatic carbocycles. The Kier molecular flexibility index (Phi) is 6.35. The molecule has 0 radical (unpaired) electrons. The van der Waals surface area contributed by atoms with Gasteiger partial charge in [-0.25, -0.2) is 0 Å². The number of carbonyl (C=O) groups is 2. The monoisotopic (exact) mass is 369 g/mol. The van der Waals surface area contributed by atoms with Gasteiger partial charge < -0.3 is 14.4 Å². The fourth-order valence-electron chi connectivity index (χ4n) is 3.06. The third-order valence-corrected chi connectivity index (χ3v) is 4.50. The van der Waals surface area contributed by atoms with Crippen LogP contribution in [0.25, 0.3) is 0 Å². The summed E-state index contributed by atoms with van der Waals surface area (Å²) in [6.45, 7) is 1.18. The number of rotatable bonds is 7. The lowest BCUT2D eigenvalue weighted by molar-refractivity contribution is -0.133. The Hall–Kier alpha value is -2.96. The van der Waals surface area contributed by atoms with Crippen LogP contribution in [0.15, 0.2) is 42.5 Å². The Morgan fingerprint density at radius 1 is 1.07 bits per heavy atom. The Bertz CT molecular complexity index is 765. The third-order valence-electron chi connectivity index (χ3n) is 4.50. The number of benzene rings is 1. The number of hydrogen-bond donors (Lipinski definition) is 0. The Labute approximate surface area is 158 Å². The van der Waals surface area contributed by atoms with E-state index >= 15 is 0 Å². The molecule has 1 saturated heterocycles. The van der Waals surface area contributed by atoms with Gasteiger partial charge in [-0.15, -0.1) is 10.2 Å². The van der Waals surface area contributed by atoms with Crippen molar-refractivity contribution in [1.29, 1.82) is 0 Å². The third kappa shape index (κ3) is 5.26. The molecule has 1 amide bonds. The minimum Gasteiger partial charge on any atom is -0.480 e. The summed E-state index contributed by atoms with van der Waals surface area (Å²) in [6, 6.07) is 12.4. The zero-order valence-electron chi connectivity index (χ0n) is 15.3. The molecule has 0 bridgehead atoms. The highest BCUT2D eigenvalue weighted by molar-refractivity contribution is 5.97. The predicted octanol–water partition coefficient (Wildman–Crippen LogP) is 2.52. The molecule has 1 aromatic heterocycles. The van der Waals surface area contributed by atoms with Crippen molar-refractivity contribution in [2.24, 2.45) is 0 Å². The number of likely N-dealkylation sites (tertiary alicyclic amines) is 1. The van der Waals surface area contributed by atoms with Crippen LogP contribution in [0.2, 0.25) is 0 Å². The summed E-state index contributed by atoms with van der Waals surface area (Å²) >= 11 is 0. The lowest BCUT2D eigenvalue weighted by Gasteiger charge is -2.32.